The third-order valence-electron chi connectivity index (χ3n) is 2.06. The van der Waals surface area contributed by atoms with Crippen molar-refractivity contribution in [2.75, 3.05) is 0 Å². The van der Waals surface area contributed by atoms with Gasteiger partial charge in [-0.25, -0.2) is 8.42 Å². The minimum atomic E-state index is -3.93. The average molecular weight is 262 g/mol. The van der Waals surface area contributed by atoms with Crippen molar-refractivity contribution >= 4 is 19.7 Å². The van der Waals surface area contributed by atoms with Crippen LogP contribution in [0.25, 0.3) is 0 Å². The fourth-order valence-electron chi connectivity index (χ4n) is 1.25. The molecule has 0 saturated heterocycles. The lowest BCUT2D eigenvalue weighted by Gasteiger charge is -2.07. The first-order valence-electron chi connectivity index (χ1n) is 4.77. The monoisotopic (exact) mass is 261 g/mol. The van der Waals surface area contributed by atoms with Gasteiger partial charge in [0.05, 0.1) is 6.20 Å². The van der Waals surface area contributed by atoms with Crippen LogP contribution < -0.4 is 0 Å². The lowest BCUT2D eigenvalue weighted by molar-refractivity contribution is 0.460. The van der Waals surface area contributed by atoms with Crippen LogP contribution in [-0.4, -0.2) is 18.2 Å². The summed E-state index contributed by atoms with van der Waals surface area (Å²) in [6.07, 6.45) is 1.99. The molecule has 5 nitrogen and oxygen atoms in total. The van der Waals surface area contributed by atoms with Gasteiger partial charge in [-0.3, -0.25) is 4.68 Å². The normalized spacial score (nSPS) is 11.7. The zero-order chi connectivity index (χ0) is 12.3. The number of hydrogen-bond donors (Lipinski definition) is 0. The van der Waals surface area contributed by atoms with Crippen molar-refractivity contribution in [1.82, 2.24) is 9.78 Å². The smallest absolute Gasteiger partial charge is 0.252 e. The van der Waals surface area contributed by atoms with E-state index in [1.54, 1.807) is 6.07 Å². The third-order valence-corrected chi connectivity index (χ3v) is 3.39. The second-order valence-electron chi connectivity index (χ2n) is 3.82. The van der Waals surface area contributed by atoms with Gasteiger partial charge in [0.1, 0.15) is 11.6 Å². The fourth-order valence-corrected chi connectivity index (χ4v) is 2.49. The summed E-state index contributed by atoms with van der Waals surface area (Å²) in [6, 6.07) is 1.76. The summed E-state index contributed by atoms with van der Waals surface area (Å²) in [5.74, 6) is 0.417. The van der Waals surface area contributed by atoms with E-state index in [1.807, 2.05) is 13.8 Å². The summed E-state index contributed by atoms with van der Waals surface area (Å²) < 4.78 is 23.9. The molecule has 1 aromatic heterocycles. The molecule has 0 unspecified atom stereocenters. The molecule has 0 aliphatic carbocycles. The summed E-state index contributed by atoms with van der Waals surface area (Å²) in [5.41, 5.74) is -0.0150. The Kier molecular flexibility index (Phi) is 3.94. The van der Waals surface area contributed by atoms with Crippen LogP contribution in [0.4, 0.5) is 0 Å². The molecule has 1 rings (SSSR count). The minimum Gasteiger partial charge on any atom is -0.252 e. The van der Waals surface area contributed by atoms with Gasteiger partial charge >= 0.3 is 0 Å². The molecular weight excluding hydrogens is 250 g/mol. The fraction of sp³-hybridized carbons (Fsp3) is 0.556. The number of aromatic nitrogens is 2. The summed E-state index contributed by atoms with van der Waals surface area (Å²) in [6.45, 7) is 4.47. The van der Waals surface area contributed by atoms with Crippen LogP contribution in [0.2, 0.25) is 0 Å². The lowest BCUT2D eigenvalue weighted by atomic mass is 10.1. The Morgan fingerprint density at radius 3 is 2.69 bits per heavy atom. The van der Waals surface area contributed by atoms with Crippen molar-refractivity contribution in [1.29, 1.82) is 5.26 Å². The van der Waals surface area contributed by atoms with Gasteiger partial charge in [0.2, 0.25) is 0 Å². The SMILES string of the molecule is CC(C)CCn1ncc(C#N)c1S(=O)(=O)Cl. The van der Waals surface area contributed by atoms with E-state index >= 15 is 0 Å². The first-order chi connectivity index (χ1) is 7.36. The second kappa shape index (κ2) is 4.85. The van der Waals surface area contributed by atoms with Crippen LogP contribution in [-0.2, 0) is 15.6 Å². The molecule has 0 fully saturated rings. The number of hydrogen-bond acceptors (Lipinski definition) is 4. The quantitative estimate of drug-likeness (QED) is 0.774. The molecule has 0 saturated carbocycles. The minimum absolute atomic E-state index is 0.0150. The highest BCUT2D eigenvalue weighted by Gasteiger charge is 2.22. The van der Waals surface area contributed by atoms with Crippen molar-refractivity contribution in [2.24, 2.45) is 5.92 Å². The van der Waals surface area contributed by atoms with Crippen LogP contribution in [0.1, 0.15) is 25.8 Å². The van der Waals surface area contributed by atoms with Crippen LogP contribution in [0.5, 0.6) is 0 Å². The van der Waals surface area contributed by atoms with E-state index in [0.29, 0.717) is 12.5 Å². The topological polar surface area (TPSA) is 75.8 Å². The number of rotatable bonds is 4. The van der Waals surface area contributed by atoms with Gasteiger partial charge in [0.15, 0.2) is 5.03 Å². The van der Waals surface area contributed by atoms with E-state index in [2.05, 4.69) is 5.10 Å². The van der Waals surface area contributed by atoms with Gasteiger partial charge in [-0.15, -0.1) is 0 Å². The Morgan fingerprint density at radius 2 is 2.25 bits per heavy atom. The van der Waals surface area contributed by atoms with Crippen molar-refractivity contribution in [2.45, 2.75) is 31.8 Å². The van der Waals surface area contributed by atoms with Gasteiger partial charge in [0.25, 0.3) is 9.05 Å². The van der Waals surface area contributed by atoms with E-state index < -0.39 is 9.05 Å². The summed E-state index contributed by atoms with van der Waals surface area (Å²) >= 11 is 0. The predicted molar refractivity (Wildman–Crippen MR) is 59.4 cm³/mol. The molecule has 1 aromatic rings. The summed E-state index contributed by atoms with van der Waals surface area (Å²) in [5, 5.41) is 12.4. The molecule has 0 bridgehead atoms. The first-order valence-corrected chi connectivity index (χ1v) is 7.07. The Bertz CT molecular complexity index is 513. The number of nitriles is 1. The van der Waals surface area contributed by atoms with Crippen LogP contribution in [0.3, 0.4) is 0 Å². The van der Waals surface area contributed by atoms with Crippen LogP contribution in [0.15, 0.2) is 11.2 Å². The van der Waals surface area contributed by atoms with Crippen LogP contribution >= 0.6 is 10.7 Å². The van der Waals surface area contributed by atoms with E-state index in [-0.39, 0.29) is 10.6 Å². The summed E-state index contributed by atoms with van der Waals surface area (Å²) in [4.78, 5) is 0. The third kappa shape index (κ3) is 2.97. The van der Waals surface area contributed by atoms with Crippen molar-refractivity contribution in [3.05, 3.63) is 11.8 Å². The summed E-state index contributed by atoms with van der Waals surface area (Å²) in [7, 11) is 1.33. The molecule has 1 heterocycles. The molecule has 0 aliphatic heterocycles. The zero-order valence-electron chi connectivity index (χ0n) is 9.01. The molecule has 0 radical (unpaired) electrons. The Hall–Kier alpha value is -1.06. The van der Waals surface area contributed by atoms with Gasteiger partial charge in [-0.1, -0.05) is 13.8 Å². The standard InChI is InChI=1S/C9H12ClN3O2S/c1-7(2)3-4-13-9(16(10,14)15)8(5-11)6-12-13/h6-7H,3-4H2,1-2H3. The van der Waals surface area contributed by atoms with E-state index in [4.69, 9.17) is 15.9 Å². The van der Waals surface area contributed by atoms with E-state index in [1.165, 1.54) is 10.9 Å². The largest absolute Gasteiger partial charge is 0.279 e. The van der Waals surface area contributed by atoms with Crippen molar-refractivity contribution in [3.8, 4) is 6.07 Å². The molecular formula is C9H12ClN3O2S. The maximum Gasteiger partial charge on any atom is 0.279 e. The molecule has 0 amide bonds. The van der Waals surface area contributed by atoms with Crippen molar-refractivity contribution in [3.63, 3.8) is 0 Å². The predicted octanol–water partition coefficient (Wildman–Crippen LogP) is 1.73. The molecule has 0 spiro atoms. The Morgan fingerprint density at radius 1 is 1.62 bits per heavy atom. The highest BCUT2D eigenvalue weighted by molar-refractivity contribution is 8.13. The molecule has 0 aliphatic rings. The maximum absolute atomic E-state index is 11.3. The number of halogens is 1. The lowest BCUT2D eigenvalue weighted by Crippen LogP contribution is -2.09. The molecule has 7 heteroatoms. The first kappa shape index (κ1) is 13.0. The Labute approximate surface area is 99.1 Å². The van der Waals surface area contributed by atoms with Crippen LogP contribution in [0, 0.1) is 17.2 Å². The second-order valence-corrected chi connectivity index (χ2v) is 6.30. The highest BCUT2D eigenvalue weighted by Crippen LogP contribution is 2.20. The van der Waals surface area contributed by atoms with Gasteiger partial charge in [-0.05, 0) is 12.3 Å². The Balaban J connectivity index is 3.13. The molecule has 0 N–H and O–H groups in total. The molecule has 16 heavy (non-hydrogen) atoms. The molecule has 0 aromatic carbocycles. The van der Waals surface area contributed by atoms with Crippen molar-refractivity contribution < 1.29 is 8.42 Å². The maximum atomic E-state index is 11.3. The zero-order valence-corrected chi connectivity index (χ0v) is 10.6. The van der Waals surface area contributed by atoms with E-state index in [0.717, 1.165) is 6.42 Å². The molecule has 0 atom stereocenters. The van der Waals surface area contributed by atoms with Gasteiger partial charge < -0.3 is 0 Å². The average Bonchev–Trinajstić information content (AvgIpc) is 2.56. The van der Waals surface area contributed by atoms with Gasteiger partial charge in [0, 0.05) is 17.2 Å². The van der Waals surface area contributed by atoms with Gasteiger partial charge in [-0.2, -0.15) is 10.4 Å². The molecule has 88 valence electrons. The highest BCUT2D eigenvalue weighted by atomic mass is 35.7. The van der Waals surface area contributed by atoms with E-state index in [9.17, 15) is 8.42 Å². The number of nitrogens with zero attached hydrogens (tertiary/aromatic N) is 3. The number of aryl methyl sites for hydroxylation is 1.